The first kappa shape index (κ1) is 12.3. The number of carbonyl (C=O) groups excluding carboxylic acids is 1. The molecule has 0 fully saturated rings. The standard InChI is InChI=1S/C9H8F3NO3/c1-16-7(15)3-5-2-6(14)8(13-4-5)9(10,11)12/h2,4,14H,3H2,1H3. The van der Waals surface area contributed by atoms with Gasteiger partial charge in [0.15, 0.2) is 5.69 Å². The van der Waals surface area contributed by atoms with Crippen LogP contribution in [0.25, 0.3) is 0 Å². The molecule has 0 amide bonds. The SMILES string of the molecule is COC(=O)Cc1cnc(C(F)(F)F)c(O)c1. The lowest BCUT2D eigenvalue weighted by molar-refractivity contribution is -0.142. The molecule has 4 nitrogen and oxygen atoms in total. The zero-order valence-electron chi connectivity index (χ0n) is 8.21. The Hall–Kier alpha value is -1.79. The van der Waals surface area contributed by atoms with Gasteiger partial charge in [0.2, 0.25) is 0 Å². The summed E-state index contributed by atoms with van der Waals surface area (Å²) < 4.78 is 40.9. The van der Waals surface area contributed by atoms with Crippen LogP contribution in [0.15, 0.2) is 12.3 Å². The van der Waals surface area contributed by atoms with E-state index in [2.05, 4.69) is 9.72 Å². The van der Waals surface area contributed by atoms with Crippen molar-refractivity contribution in [2.75, 3.05) is 7.11 Å². The molecule has 1 rings (SSSR count). The van der Waals surface area contributed by atoms with E-state index in [-0.39, 0.29) is 12.0 Å². The molecule has 0 atom stereocenters. The van der Waals surface area contributed by atoms with Gasteiger partial charge in [-0.05, 0) is 11.6 Å². The first-order chi connectivity index (χ1) is 7.34. The molecule has 0 saturated heterocycles. The highest BCUT2D eigenvalue weighted by atomic mass is 19.4. The van der Waals surface area contributed by atoms with Crippen LogP contribution in [0.3, 0.4) is 0 Å². The van der Waals surface area contributed by atoms with Gasteiger partial charge >= 0.3 is 12.1 Å². The average Bonchev–Trinajstić information content (AvgIpc) is 2.15. The minimum atomic E-state index is -4.71. The van der Waals surface area contributed by atoms with Gasteiger partial charge in [0.1, 0.15) is 5.75 Å². The Morgan fingerprint density at radius 2 is 2.19 bits per heavy atom. The number of rotatable bonds is 2. The lowest BCUT2D eigenvalue weighted by Gasteiger charge is -2.08. The Kier molecular flexibility index (Phi) is 3.36. The molecule has 1 aromatic rings. The molecule has 0 saturated carbocycles. The number of methoxy groups -OCH3 is 1. The van der Waals surface area contributed by atoms with Crippen LogP contribution >= 0.6 is 0 Å². The van der Waals surface area contributed by atoms with Gasteiger partial charge in [-0.1, -0.05) is 0 Å². The van der Waals surface area contributed by atoms with E-state index >= 15 is 0 Å². The van der Waals surface area contributed by atoms with E-state index in [9.17, 15) is 18.0 Å². The normalized spacial score (nSPS) is 11.2. The number of aromatic hydroxyl groups is 1. The second-order valence-corrected chi connectivity index (χ2v) is 2.96. The Morgan fingerprint density at radius 1 is 1.56 bits per heavy atom. The van der Waals surface area contributed by atoms with E-state index in [1.807, 2.05) is 0 Å². The molecule has 0 spiro atoms. The summed E-state index contributed by atoms with van der Waals surface area (Å²) in [5, 5.41) is 9.08. The second-order valence-electron chi connectivity index (χ2n) is 2.96. The van der Waals surface area contributed by atoms with Crippen molar-refractivity contribution in [2.24, 2.45) is 0 Å². The number of hydrogen-bond donors (Lipinski definition) is 1. The number of aromatic nitrogens is 1. The van der Waals surface area contributed by atoms with Gasteiger partial charge in [-0.2, -0.15) is 13.2 Å². The molecule has 1 heterocycles. The van der Waals surface area contributed by atoms with Crippen molar-refractivity contribution in [3.05, 3.63) is 23.5 Å². The fourth-order valence-corrected chi connectivity index (χ4v) is 1.05. The van der Waals surface area contributed by atoms with E-state index in [1.54, 1.807) is 0 Å². The minimum Gasteiger partial charge on any atom is -0.506 e. The van der Waals surface area contributed by atoms with E-state index in [0.29, 0.717) is 0 Å². The van der Waals surface area contributed by atoms with Crippen LogP contribution in [0, 0.1) is 0 Å². The van der Waals surface area contributed by atoms with Crippen LogP contribution in [-0.2, 0) is 22.1 Å². The minimum absolute atomic E-state index is 0.150. The highest BCUT2D eigenvalue weighted by Gasteiger charge is 2.35. The fourth-order valence-electron chi connectivity index (χ4n) is 1.05. The van der Waals surface area contributed by atoms with Gasteiger partial charge in [-0.15, -0.1) is 0 Å². The monoisotopic (exact) mass is 235 g/mol. The predicted molar refractivity (Wildman–Crippen MR) is 46.6 cm³/mol. The highest BCUT2D eigenvalue weighted by Crippen LogP contribution is 2.33. The third kappa shape index (κ3) is 2.85. The molecular weight excluding hydrogens is 227 g/mol. The molecular formula is C9H8F3NO3. The van der Waals surface area contributed by atoms with Crippen LogP contribution in [-0.4, -0.2) is 23.2 Å². The molecule has 0 aliphatic carbocycles. The van der Waals surface area contributed by atoms with Crippen molar-refractivity contribution in [3.8, 4) is 5.75 Å². The molecule has 0 unspecified atom stereocenters. The molecule has 88 valence electrons. The number of nitrogens with zero attached hydrogens (tertiary/aromatic N) is 1. The van der Waals surface area contributed by atoms with Crippen LogP contribution < -0.4 is 0 Å². The molecule has 0 radical (unpaired) electrons. The summed E-state index contributed by atoms with van der Waals surface area (Å²) in [6.07, 6.45) is -4.08. The van der Waals surface area contributed by atoms with Crippen LogP contribution in [0.2, 0.25) is 0 Å². The predicted octanol–water partition coefficient (Wildman–Crippen LogP) is 1.52. The van der Waals surface area contributed by atoms with Crippen LogP contribution in [0.1, 0.15) is 11.3 Å². The molecule has 16 heavy (non-hydrogen) atoms. The summed E-state index contributed by atoms with van der Waals surface area (Å²) in [7, 11) is 1.15. The zero-order valence-corrected chi connectivity index (χ0v) is 8.21. The third-order valence-electron chi connectivity index (χ3n) is 1.77. The van der Waals surface area contributed by atoms with Crippen molar-refractivity contribution in [2.45, 2.75) is 12.6 Å². The Bertz CT molecular complexity index is 403. The van der Waals surface area contributed by atoms with E-state index in [0.717, 1.165) is 19.4 Å². The number of alkyl halides is 3. The maximum absolute atomic E-state index is 12.2. The van der Waals surface area contributed by atoms with Gasteiger partial charge in [0.05, 0.1) is 13.5 Å². The molecule has 0 aliphatic rings. The maximum Gasteiger partial charge on any atom is 0.437 e. The van der Waals surface area contributed by atoms with E-state index < -0.39 is 23.6 Å². The van der Waals surface area contributed by atoms with Crippen LogP contribution in [0.5, 0.6) is 5.75 Å². The molecule has 0 bridgehead atoms. The zero-order chi connectivity index (χ0) is 12.3. The molecule has 1 N–H and O–H groups in total. The van der Waals surface area contributed by atoms with Crippen molar-refractivity contribution >= 4 is 5.97 Å². The maximum atomic E-state index is 12.2. The topological polar surface area (TPSA) is 59.4 Å². The Labute approximate surface area is 88.7 Å². The number of esters is 1. The average molecular weight is 235 g/mol. The van der Waals surface area contributed by atoms with Crippen molar-refractivity contribution in [1.82, 2.24) is 4.98 Å². The Balaban J connectivity index is 2.96. The number of hydrogen-bond acceptors (Lipinski definition) is 4. The quantitative estimate of drug-likeness (QED) is 0.789. The third-order valence-corrected chi connectivity index (χ3v) is 1.77. The molecule has 0 aliphatic heterocycles. The lowest BCUT2D eigenvalue weighted by Crippen LogP contribution is -2.10. The largest absolute Gasteiger partial charge is 0.506 e. The first-order valence-corrected chi connectivity index (χ1v) is 4.16. The van der Waals surface area contributed by atoms with E-state index in [1.165, 1.54) is 0 Å². The van der Waals surface area contributed by atoms with Crippen molar-refractivity contribution < 1.29 is 27.8 Å². The van der Waals surface area contributed by atoms with Gasteiger partial charge in [0, 0.05) is 6.20 Å². The summed E-state index contributed by atoms with van der Waals surface area (Å²) in [5.41, 5.74) is -1.22. The summed E-state index contributed by atoms with van der Waals surface area (Å²) in [4.78, 5) is 13.9. The number of ether oxygens (including phenoxy) is 1. The van der Waals surface area contributed by atoms with Crippen molar-refractivity contribution in [1.29, 1.82) is 0 Å². The molecule has 0 aromatic carbocycles. The van der Waals surface area contributed by atoms with Crippen LogP contribution in [0.4, 0.5) is 13.2 Å². The number of carbonyl (C=O) groups is 1. The Morgan fingerprint density at radius 3 is 2.62 bits per heavy atom. The fraction of sp³-hybridized carbons (Fsp3) is 0.333. The lowest BCUT2D eigenvalue weighted by atomic mass is 10.2. The number of halogens is 3. The van der Waals surface area contributed by atoms with Gasteiger partial charge in [-0.25, -0.2) is 4.98 Å². The first-order valence-electron chi connectivity index (χ1n) is 4.16. The summed E-state index contributed by atoms with van der Waals surface area (Å²) >= 11 is 0. The summed E-state index contributed by atoms with van der Waals surface area (Å²) in [6, 6.07) is 0.840. The van der Waals surface area contributed by atoms with Gasteiger partial charge < -0.3 is 9.84 Å². The second kappa shape index (κ2) is 4.38. The van der Waals surface area contributed by atoms with E-state index in [4.69, 9.17) is 5.11 Å². The van der Waals surface area contributed by atoms with Gasteiger partial charge in [0.25, 0.3) is 0 Å². The number of pyridine rings is 1. The molecule has 1 aromatic heterocycles. The highest BCUT2D eigenvalue weighted by molar-refractivity contribution is 5.72. The van der Waals surface area contributed by atoms with Gasteiger partial charge in [-0.3, -0.25) is 4.79 Å². The smallest absolute Gasteiger partial charge is 0.437 e. The summed E-state index contributed by atoms with van der Waals surface area (Å²) in [6.45, 7) is 0. The summed E-state index contributed by atoms with van der Waals surface area (Å²) in [5.74, 6) is -1.63. The van der Waals surface area contributed by atoms with Crippen molar-refractivity contribution in [3.63, 3.8) is 0 Å². The molecule has 7 heteroatoms.